The van der Waals surface area contributed by atoms with Crippen molar-refractivity contribution in [2.24, 2.45) is 0 Å². The molecule has 5 nitrogen and oxygen atoms in total. The van der Waals surface area contributed by atoms with E-state index >= 15 is 0 Å². The van der Waals surface area contributed by atoms with Crippen molar-refractivity contribution in [3.05, 3.63) is 0 Å². The van der Waals surface area contributed by atoms with Crippen LogP contribution < -0.4 is 5.32 Å². The third-order valence-corrected chi connectivity index (χ3v) is 4.74. The van der Waals surface area contributed by atoms with Crippen LogP contribution in [0.15, 0.2) is 0 Å². The van der Waals surface area contributed by atoms with E-state index in [0.29, 0.717) is 4.99 Å². The summed E-state index contributed by atoms with van der Waals surface area (Å²) >= 11 is 7.07. The number of hydrogen-bond donors (Lipinski definition) is 2. The molecule has 1 heterocycles. The quantitative estimate of drug-likeness (QED) is 0.776. The van der Waals surface area contributed by atoms with Crippen LogP contribution in [-0.2, 0) is 4.74 Å². The number of amides is 1. The average Bonchev–Trinajstić information content (AvgIpc) is 2.59. The van der Waals surface area contributed by atoms with Gasteiger partial charge in [0, 0.05) is 11.3 Å². The second-order valence-electron chi connectivity index (χ2n) is 6.38. The average molecular weight is 320 g/mol. The minimum absolute atomic E-state index is 0.0423. The van der Waals surface area contributed by atoms with Gasteiger partial charge in [0.15, 0.2) is 0 Å². The van der Waals surface area contributed by atoms with Crippen molar-refractivity contribution < 1.29 is 14.6 Å². The number of carbonyl (C=O) groups excluding carboxylic acids is 1. The Kier molecular flexibility index (Phi) is 5.69. The third kappa shape index (κ3) is 4.79. The van der Waals surface area contributed by atoms with E-state index in [2.05, 4.69) is 19.2 Å². The monoisotopic (exact) mass is 320 g/mol. The normalized spacial score (nSPS) is 21.7. The summed E-state index contributed by atoms with van der Waals surface area (Å²) in [5.74, 6) is 0.894. The zero-order chi connectivity index (χ0) is 15.6. The van der Waals surface area contributed by atoms with Gasteiger partial charge in [0.1, 0.15) is 5.60 Å². The Morgan fingerprint density at radius 1 is 1.55 bits per heavy atom. The number of aliphatic hydroxyl groups is 1. The molecule has 1 aliphatic rings. The zero-order valence-corrected chi connectivity index (χ0v) is 14.4. The lowest BCUT2D eigenvalue weighted by Crippen LogP contribution is -2.51. The van der Waals surface area contributed by atoms with Crippen molar-refractivity contribution in [2.75, 3.05) is 18.9 Å². The van der Waals surface area contributed by atoms with Crippen LogP contribution in [0.2, 0.25) is 0 Å². The van der Waals surface area contributed by atoms with Gasteiger partial charge in [-0.25, -0.2) is 4.79 Å². The van der Waals surface area contributed by atoms with Crippen molar-refractivity contribution in [1.82, 2.24) is 10.2 Å². The van der Waals surface area contributed by atoms with E-state index < -0.39 is 11.7 Å². The van der Waals surface area contributed by atoms with Gasteiger partial charge in [0.05, 0.1) is 23.5 Å². The van der Waals surface area contributed by atoms with E-state index in [1.165, 1.54) is 0 Å². The molecule has 0 spiro atoms. The number of thioether (sulfide) groups is 1. The van der Waals surface area contributed by atoms with E-state index in [1.807, 2.05) is 25.7 Å². The molecule has 1 fully saturated rings. The molecule has 0 bridgehead atoms. The predicted octanol–water partition coefficient (Wildman–Crippen LogP) is 1.98. The molecule has 0 aromatic carbocycles. The van der Waals surface area contributed by atoms with Crippen molar-refractivity contribution in [3.63, 3.8) is 0 Å². The van der Waals surface area contributed by atoms with Crippen molar-refractivity contribution in [3.8, 4) is 0 Å². The Hall–Kier alpha value is -0.530. The van der Waals surface area contributed by atoms with Crippen LogP contribution in [0.3, 0.4) is 0 Å². The molecule has 20 heavy (non-hydrogen) atoms. The highest BCUT2D eigenvalue weighted by Gasteiger charge is 2.40. The van der Waals surface area contributed by atoms with Crippen LogP contribution in [0.4, 0.5) is 4.79 Å². The van der Waals surface area contributed by atoms with E-state index in [0.717, 1.165) is 5.75 Å². The third-order valence-electron chi connectivity index (χ3n) is 2.78. The van der Waals surface area contributed by atoms with Gasteiger partial charge in [0.2, 0.25) is 0 Å². The molecule has 1 rings (SSSR count). The molecular formula is C13H24N2O3S2. The lowest BCUT2D eigenvalue weighted by Gasteiger charge is -2.36. The summed E-state index contributed by atoms with van der Waals surface area (Å²) in [6, 6.07) is 0. The molecule has 0 aromatic rings. The van der Waals surface area contributed by atoms with Crippen LogP contribution in [0.5, 0.6) is 0 Å². The van der Waals surface area contributed by atoms with Gasteiger partial charge >= 0.3 is 6.09 Å². The molecule has 7 heteroatoms. The van der Waals surface area contributed by atoms with E-state index in [4.69, 9.17) is 17.0 Å². The minimum atomic E-state index is -0.526. The molecule has 1 amide bonds. The van der Waals surface area contributed by atoms with Gasteiger partial charge in [0.25, 0.3) is 0 Å². The molecule has 0 radical (unpaired) electrons. The summed E-state index contributed by atoms with van der Waals surface area (Å²) < 4.78 is 5.17. The largest absolute Gasteiger partial charge is 0.444 e. The number of ether oxygens (including phenoxy) is 1. The van der Waals surface area contributed by atoms with E-state index in [-0.39, 0.29) is 24.1 Å². The molecular weight excluding hydrogens is 296 g/mol. The van der Waals surface area contributed by atoms with Crippen LogP contribution in [-0.4, -0.2) is 56.5 Å². The fourth-order valence-electron chi connectivity index (χ4n) is 2.01. The first-order valence-corrected chi connectivity index (χ1v) is 8.04. The number of aliphatic hydroxyl groups excluding tert-OH is 1. The maximum Gasteiger partial charge on any atom is 0.408 e. The number of thiocarbonyl (C=S) groups is 1. The number of rotatable bonds is 3. The maximum absolute atomic E-state index is 11.6. The Balaban J connectivity index is 2.56. The van der Waals surface area contributed by atoms with Gasteiger partial charge in [-0.1, -0.05) is 12.2 Å². The number of alkyl carbamates (subject to hydrolysis) is 1. The Morgan fingerprint density at radius 2 is 2.15 bits per heavy atom. The Morgan fingerprint density at radius 3 is 2.65 bits per heavy atom. The summed E-state index contributed by atoms with van der Waals surface area (Å²) in [5.41, 5.74) is -0.646. The highest BCUT2D eigenvalue weighted by Crippen LogP contribution is 2.36. The topological polar surface area (TPSA) is 61.8 Å². The summed E-state index contributed by atoms with van der Waals surface area (Å²) in [4.78, 5) is 14.2. The molecule has 0 saturated carbocycles. The molecule has 1 aliphatic heterocycles. The van der Waals surface area contributed by atoms with Gasteiger partial charge < -0.3 is 20.1 Å². The lowest BCUT2D eigenvalue weighted by atomic mass is 10.1. The first-order valence-electron chi connectivity index (χ1n) is 6.58. The van der Waals surface area contributed by atoms with Crippen LogP contribution in [0, 0.1) is 0 Å². The van der Waals surface area contributed by atoms with Gasteiger partial charge in [-0.3, -0.25) is 0 Å². The molecule has 1 saturated heterocycles. The second-order valence-corrected chi connectivity index (χ2v) is 8.02. The molecule has 0 unspecified atom stereocenters. The highest BCUT2D eigenvalue weighted by molar-refractivity contribution is 8.00. The smallest absolute Gasteiger partial charge is 0.408 e. The van der Waals surface area contributed by atoms with Gasteiger partial charge in [-0.15, -0.1) is 11.8 Å². The summed E-state index contributed by atoms with van der Waals surface area (Å²) in [5, 5.41) is 12.0. The lowest BCUT2D eigenvalue weighted by molar-refractivity contribution is 0.0533. The maximum atomic E-state index is 11.6. The van der Waals surface area contributed by atoms with E-state index in [1.54, 1.807) is 11.8 Å². The van der Waals surface area contributed by atoms with Crippen LogP contribution in [0.25, 0.3) is 0 Å². The number of nitrogens with zero attached hydrogens (tertiary/aromatic N) is 1. The number of carbonyl (C=O) groups is 1. The first-order chi connectivity index (χ1) is 9.07. The number of nitrogens with one attached hydrogen (secondary N) is 1. The molecule has 116 valence electrons. The van der Waals surface area contributed by atoms with Crippen molar-refractivity contribution >= 4 is 35.1 Å². The summed E-state index contributed by atoms with van der Waals surface area (Å²) in [6.07, 6.45) is -0.481. The first kappa shape index (κ1) is 17.5. The Labute approximate surface area is 130 Å². The summed E-state index contributed by atoms with van der Waals surface area (Å²) in [7, 11) is 0. The highest BCUT2D eigenvalue weighted by atomic mass is 32.2. The van der Waals surface area contributed by atoms with E-state index in [9.17, 15) is 9.90 Å². The minimum Gasteiger partial charge on any atom is -0.444 e. The fraction of sp³-hybridized carbons (Fsp3) is 0.846. The van der Waals surface area contributed by atoms with Crippen molar-refractivity contribution in [1.29, 1.82) is 0 Å². The zero-order valence-electron chi connectivity index (χ0n) is 12.7. The standard InChI is InChI=1S/C13H24N2O3S2/c1-12(2,3)18-11(17)14-6-9(19)15-10(7-16)20-8-13(15,4)5/h10,16H,6-8H2,1-5H3,(H,14,17)/t10-/m0/s1. The van der Waals surface area contributed by atoms with Crippen LogP contribution in [0.1, 0.15) is 34.6 Å². The molecule has 0 aliphatic carbocycles. The molecule has 2 N–H and O–H groups in total. The second kappa shape index (κ2) is 6.49. The Bertz CT molecular complexity index is 380. The number of hydrogen-bond acceptors (Lipinski definition) is 5. The predicted molar refractivity (Wildman–Crippen MR) is 86.1 cm³/mol. The van der Waals surface area contributed by atoms with Crippen molar-refractivity contribution in [2.45, 2.75) is 51.1 Å². The SMILES string of the molecule is CC(C)(C)OC(=O)NCC(=S)N1[C@H](CO)SCC1(C)C. The summed E-state index contributed by atoms with van der Waals surface area (Å²) in [6.45, 7) is 9.88. The fourth-order valence-corrected chi connectivity index (χ4v) is 3.93. The molecule has 0 aromatic heterocycles. The van der Waals surface area contributed by atoms with Gasteiger partial charge in [-0.2, -0.15) is 0 Å². The van der Waals surface area contributed by atoms with Crippen LogP contribution >= 0.6 is 24.0 Å². The van der Waals surface area contributed by atoms with Gasteiger partial charge in [-0.05, 0) is 34.6 Å². The molecule has 1 atom stereocenters.